The monoisotopic (exact) mass is 274 g/mol. The molecule has 1 N–H and O–H groups in total. The van der Waals surface area contributed by atoms with Crippen molar-refractivity contribution >= 4 is 16.7 Å². The summed E-state index contributed by atoms with van der Waals surface area (Å²) in [6.45, 7) is 1.91. The second-order valence-electron chi connectivity index (χ2n) is 4.56. The number of esters is 1. The van der Waals surface area contributed by atoms with Gasteiger partial charge in [-0.15, -0.1) is 0 Å². The van der Waals surface area contributed by atoms with Gasteiger partial charge >= 0.3 is 5.97 Å². The van der Waals surface area contributed by atoms with E-state index in [2.05, 4.69) is 4.74 Å². The number of benzene rings is 2. The van der Waals surface area contributed by atoms with E-state index in [1.165, 1.54) is 7.11 Å². The molecule has 0 saturated heterocycles. The van der Waals surface area contributed by atoms with Gasteiger partial charge in [0.1, 0.15) is 5.75 Å². The van der Waals surface area contributed by atoms with Gasteiger partial charge in [-0.1, -0.05) is 36.4 Å². The maximum atomic E-state index is 11.1. The fourth-order valence-corrected chi connectivity index (χ4v) is 2.09. The van der Waals surface area contributed by atoms with Crippen molar-refractivity contribution in [2.45, 2.75) is 19.4 Å². The molecule has 20 heavy (non-hydrogen) atoms. The molecule has 0 amide bonds. The molecule has 2 aromatic rings. The number of hydrogen-bond donors (Lipinski definition) is 1. The maximum Gasteiger partial charge on any atom is 0.308 e. The molecule has 0 radical (unpaired) electrons. The summed E-state index contributed by atoms with van der Waals surface area (Å²) in [6.07, 6.45) is -0.452. The predicted molar refractivity (Wildman–Crippen MR) is 76.7 cm³/mol. The lowest BCUT2D eigenvalue weighted by atomic mass is 10.0. The fourth-order valence-electron chi connectivity index (χ4n) is 2.09. The molecule has 0 aliphatic carbocycles. The molecule has 0 bridgehead atoms. The highest BCUT2D eigenvalue weighted by Crippen LogP contribution is 2.33. The predicted octanol–water partition coefficient (Wildman–Crippen LogP) is 2.84. The number of hydrogen-bond acceptors (Lipinski definition) is 4. The lowest BCUT2D eigenvalue weighted by Gasteiger charge is -2.16. The molecular weight excluding hydrogens is 256 g/mol. The summed E-state index contributed by atoms with van der Waals surface area (Å²) in [6, 6.07) is 11.6. The first-order valence-electron chi connectivity index (χ1n) is 6.53. The Kier molecular flexibility index (Phi) is 4.58. The molecule has 106 valence electrons. The van der Waals surface area contributed by atoms with Gasteiger partial charge in [0, 0.05) is 10.9 Å². The Labute approximate surface area is 117 Å². The van der Waals surface area contributed by atoms with Gasteiger partial charge in [0.25, 0.3) is 0 Å². The number of rotatable bonds is 5. The van der Waals surface area contributed by atoms with Crippen molar-refractivity contribution in [2.24, 2.45) is 0 Å². The number of fused-ring (bicyclic) bond motifs is 1. The number of aliphatic hydroxyl groups excluding tert-OH is 1. The van der Waals surface area contributed by atoms with Crippen LogP contribution in [-0.2, 0) is 9.53 Å². The minimum Gasteiger partial charge on any atom is -0.492 e. The van der Waals surface area contributed by atoms with Crippen LogP contribution in [0, 0.1) is 0 Å². The summed E-state index contributed by atoms with van der Waals surface area (Å²) >= 11 is 0. The molecule has 1 atom stereocenters. The van der Waals surface area contributed by atoms with Crippen LogP contribution in [0.5, 0.6) is 5.75 Å². The van der Waals surface area contributed by atoms with E-state index in [1.807, 2.05) is 36.4 Å². The number of aliphatic hydroxyl groups is 1. The molecule has 0 aliphatic rings. The Balaban J connectivity index is 2.32. The minimum atomic E-state index is -0.632. The Morgan fingerprint density at radius 3 is 2.70 bits per heavy atom. The highest BCUT2D eigenvalue weighted by Gasteiger charge is 2.13. The molecule has 2 aromatic carbocycles. The highest BCUT2D eigenvalue weighted by atomic mass is 16.5. The molecule has 0 aromatic heterocycles. The average molecular weight is 274 g/mol. The van der Waals surface area contributed by atoms with Crippen molar-refractivity contribution in [3.05, 3.63) is 42.0 Å². The van der Waals surface area contributed by atoms with Crippen molar-refractivity contribution < 1.29 is 19.4 Å². The van der Waals surface area contributed by atoms with Crippen LogP contribution in [0.25, 0.3) is 10.8 Å². The first-order chi connectivity index (χ1) is 9.63. The van der Waals surface area contributed by atoms with Crippen LogP contribution in [0.3, 0.4) is 0 Å². The zero-order valence-electron chi connectivity index (χ0n) is 11.6. The van der Waals surface area contributed by atoms with Gasteiger partial charge in [0.05, 0.1) is 26.2 Å². The van der Waals surface area contributed by atoms with Crippen LogP contribution in [0.15, 0.2) is 36.4 Å². The van der Waals surface area contributed by atoms with Crippen LogP contribution < -0.4 is 4.74 Å². The van der Waals surface area contributed by atoms with Gasteiger partial charge in [0.15, 0.2) is 0 Å². The summed E-state index contributed by atoms with van der Waals surface area (Å²) in [5.41, 5.74) is 0.716. The minimum absolute atomic E-state index is 0.180. The summed E-state index contributed by atoms with van der Waals surface area (Å²) in [5, 5.41) is 11.8. The van der Waals surface area contributed by atoms with Gasteiger partial charge in [0.2, 0.25) is 0 Å². The molecule has 2 rings (SSSR count). The molecule has 4 heteroatoms. The van der Waals surface area contributed by atoms with Crippen LogP contribution in [0.1, 0.15) is 25.0 Å². The maximum absolute atomic E-state index is 11.1. The lowest BCUT2D eigenvalue weighted by Crippen LogP contribution is -2.09. The molecule has 4 nitrogen and oxygen atoms in total. The van der Waals surface area contributed by atoms with E-state index in [9.17, 15) is 9.90 Å². The van der Waals surface area contributed by atoms with Gasteiger partial charge in [-0.2, -0.15) is 0 Å². The number of ether oxygens (including phenoxy) is 2. The summed E-state index contributed by atoms with van der Waals surface area (Å²) in [5.74, 6) is 0.311. The van der Waals surface area contributed by atoms with Gasteiger partial charge in [-0.05, 0) is 12.3 Å². The summed E-state index contributed by atoms with van der Waals surface area (Å²) in [7, 11) is 1.35. The Hall–Kier alpha value is -2.07. The zero-order valence-corrected chi connectivity index (χ0v) is 11.6. The zero-order chi connectivity index (χ0) is 14.5. The molecule has 0 aliphatic heterocycles. The van der Waals surface area contributed by atoms with E-state index in [-0.39, 0.29) is 19.0 Å². The summed E-state index contributed by atoms with van der Waals surface area (Å²) < 4.78 is 10.3. The normalized spacial score (nSPS) is 12.2. The SMILES string of the molecule is COC(=O)CCOc1c([C@@H](C)O)ccc2ccccc12. The third-order valence-electron chi connectivity index (χ3n) is 3.14. The van der Waals surface area contributed by atoms with Crippen LogP contribution in [-0.4, -0.2) is 24.8 Å². The van der Waals surface area contributed by atoms with Crippen LogP contribution in [0.2, 0.25) is 0 Å². The van der Waals surface area contributed by atoms with E-state index >= 15 is 0 Å². The second-order valence-corrected chi connectivity index (χ2v) is 4.56. The van der Waals surface area contributed by atoms with Crippen molar-refractivity contribution in [1.29, 1.82) is 0 Å². The summed E-state index contributed by atoms with van der Waals surface area (Å²) in [4.78, 5) is 11.1. The number of carbonyl (C=O) groups excluding carboxylic acids is 1. The van der Waals surface area contributed by atoms with Crippen molar-refractivity contribution in [1.82, 2.24) is 0 Å². The molecule has 0 unspecified atom stereocenters. The first-order valence-corrected chi connectivity index (χ1v) is 6.53. The van der Waals surface area contributed by atoms with E-state index in [1.54, 1.807) is 6.92 Å². The molecule has 0 heterocycles. The van der Waals surface area contributed by atoms with E-state index in [4.69, 9.17) is 4.74 Å². The first kappa shape index (κ1) is 14.3. The van der Waals surface area contributed by atoms with Crippen molar-refractivity contribution in [2.75, 3.05) is 13.7 Å². The topological polar surface area (TPSA) is 55.8 Å². The Morgan fingerprint density at radius 1 is 1.25 bits per heavy atom. The third kappa shape index (κ3) is 3.08. The molecule has 0 spiro atoms. The van der Waals surface area contributed by atoms with Crippen LogP contribution >= 0.6 is 0 Å². The Bertz CT molecular complexity index is 604. The fraction of sp³-hybridized carbons (Fsp3) is 0.312. The van der Waals surface area contributed by atoms with Crippen molar-refractivity contribution in [3.8, 4) is 5.75 Å². The van der Waals surface area contributed by atoms with E-state index in [0.717, 1.165) is 10.8 Å². The van der Waals surface area contributed by atoms with E-state index < -0.39 is 6.10 Å². The van der Waals surface area contributed by atoms with Gasteiger partial charge in [-0.25, -0.2) is 0 Å². The quantitative estimate of drug-likeness (QED) is 0.852. The Morgan fingerprint density at radius 2 is 2.00 bits per heavy atom. The largest absolute Gasteiger partial charge is 0.492 e. The smallest absolute Gasteiger partial charge is 0.308 e. The van der Waals surface area contributed by atoms with Gasteiger partial charge in [-0.3, -0.25) is 4.79 Å². The second kappa shape index (κ2) is 6.39. The highest BCUT2D eigenvalue weighted by molar-refractivity contribution is 5.89. The number of methoxy groups -OCH3 is 1. The molecule has 0 fully saturated rings. The van der Waals surface area contributed by atoms with Crippen molar-refractivity contribution in [3.63, 3.8) is 0 Å². The number of carbonyl (C=O) groups is 1. The van der Waals surface area contributed by atoms with Gasteiger partial charge < -0.3 is 14.6 Å². The standard InChI is InChI=1S/C16H18O4/c1-11(17)13-8-7-12-5-3-4-6-14(12)16(13)20-10-9-15(18)19-2/h3-8,11,17H,9-10H2,1-2H3/t11-/m1/s1. The average Bonchev–Trinajstić information content (AvgIpc) is 2.46. The van der Waals surface area contributed by atoms with Crippen LogP contribution in [0.4, 0.5) is 0 Å². The lowest BCUT2D eigenvalue weighted by molar-refractivity contribution is -0.141. The third-order valence-corrected chi connectivity index (χ3v) is 3.14. The molecule has 0 saturated carbocycles. The molecular formula is C16H18O4. The van der Waals surface area contributed by atoms with E-state index in [0.29, 0.717) is 11.3 Å².